The maximum atomic E-state index is 13.2. The number of hydrogen-bond acceptors (Lipinski definition) is 2. The molecule has 1 atom stereocenters. The summed E-state index contributed by atoms with van der Waals surface area (Å²) in [4.78, 5) is 11.9. The van der Waals surface area contributed by atoms with Crippen molar-refractivity contribution in [3.8, 4) is 0 Å². The fourth-order valence-corrected chi connectivity index (χ4v) is 1.96. The van der Waals surface area contributed by atoms with E-state index in [2.05, 4.69) is 5.32 Å². The van der Waals surface area contributed by atoms with E-state index in [9.17, 15) is 13.6 Å². The van der Waals surface area contributed by atoms with Crippen LogP contribution in [-0.4, -0.2) is 19.6 Å². The van der Waals surface area contributed by atoms with Crippen LogP contribution in [-0.2, 0) is 4.74 Å². The molecule has 1 unspecified atom stereocenters. The molecular weight excluding hydrogens is 276 g/mol. The highest BCUT2D eigenvalue weighted by molar-refractivity contribution is 5.94. The monoisotopic (exact) mass is 291 g/mol. The summed E-state index contributed by atoms with van der Waals surface area (Å²) in [6.07, 6.45) is -0.474. The predicted octanol–water partition coefficient (Wildman–Crippen LogP) is 3.08. The lowest BCUT2D eigenvalue weighted by Crippen LogP contribution is -2.29. The van der Waals surface area contributed by atoms with E-state index in [4.69, 9.17) is 4.74 Å². The molecule has 0 radical (unpaired) electrons. The maximum Gasteiger partial charge on any atom is 0.251 e. The molecule has 2 aromatic carbocycles. The van der Waals surface area contributed by atoms with Crippen LogP contribution >= 0.6 is 0 Å². The lowest BCUT2D eigenvalue weighted by atomic mass is 10.1. The molecule has 5 heteroatoms. The zero-order valence-electron chi connectivity index (χ0n) is 11.5. The summed E-state index contributed by atoms with van der Waals surface area (Å²) in [6.45, 7) is 0.162. The Labute approximate surface area is 121 Å². The normalized spacial score (nSPS) is 12.0. The van der Waals surface area contributed by atoms with E-state index in [1.54, 1.807) is 12.1 Å². The third kappa shape index (κ3) is 4.10. The van der Waals surface area contributed by atoms with Crippen LogP contribution < -0.4 is 5.32 Å². The molecule has 1 N–H and O–H groups in total. The van der Waals surface area contributed by atoms with Crippen molar-refractivity contribution in [2.45, 2.75) is 6.10 Å². The van der Waals surface area contributed by atoms with Gasteiger partial charge in [-0.05, 0) is 35.9 Å². The fourth-order valence-electron chi connectivity index (χ4n) is 1.96. The number of rotatable bonds is 5. The highest BCUT2D eigenvalue weighted by Crippen LogP contribution is 2.17. The first-order valence-electron chi connectivity index (χ1n) is 6.42. The summed E-state index contributed by atoms with van der Waals surface area (Å²) in [5.41, 5.74) is 0.848. The molecule has 0 aliphatic heterocycles. The van der Waals surface area contributed by atoms with Crippen molar-refractivity contribution in [2.24, 2.45) is 0 Å². The number of carbonyl (C=O) groups is 1. The van der Waals surface area contributed by atoms with Crippen molar-refractivity contribution in [1.82, 2.24) is 5.32 Å². The van der Waals surface area contributed by atoms with Crippen LogP contribution in [0.25, 0.3) is 0 Å². The Hall–Kier alpha value is -2.27. The van der Waals surface area contributed by atoms with Gasteiger partial charge in [-0.25, -0.2) is 8.78 Å². The van der Waals surface area contributed by atoms with Gasteiger partial charge in [0.05, 0.1) is 6.10 Å². The summed E-state index contributed by atoms with van der Waals surface area (Å²) < 4.78 is 31.5. The Kier molecular flexibility index (Phi) is 5.00. The zero-order valence-corrected chi connectivity index (χ0v) is 11.5. The molecule has 0 aromatic heterocycles. The summed E-state index contributed by atoms with van der Waals surface area (Å²) in [5.74, 6) is -1.25. The Morgan fingerprint density at radius 3 is 2.43 bits per heavy atom. The van der Waals surface area contributed by atoms with E-state index >= 15 is 0 Å². The minimum absolute atomic E-state index is 0.162. The molecule has 0 saturated carbocycles. The van der Waals surface area contributed by atoms with E-state index in [1.807, 2.05) is 0 Å². The van der Waals surface area contributed by atoms with Gasteiger partial charge < -0.3 is 10.1 Å². The maximum absolute atomic E-state index is 13.2. The first-order chi connectivity index (χ1) is 10.1. The molecule has 21 heavy (non-hydrogen) atoms. The van der Waals surface area contributed by atoms with Gasteiger partial charge in [0, 0.05) is 19.2 Å². The zero-order chi connectivity index (χ0) is 15.2. The van der Waals surface area contributed by atoms with Gasteiger partial charge in [-0.2, -0.15) is 0 Å². The summed E-state index contributed by atoms with van der Waals surface area (Å²) in [7, 11) is 1.48. The van der Waals surface area contributed by atoms with E-state index in [-0.39, 0.29) is 17.9 Å². The van der Waals surface area contributed by atoms with Gasteiger partial charge in [0.2, 0.25) is 0 Å². The smallest absolute Gasteiger partial charge is 0.251 e. The van der Waals surface area contributed by atoms with Gasteiger partial charge in [0.1, 0.15) is 11.6 Å². The van der Waals surface area contributed by atoms with Gasteiger partial charge in [0.15, 0.2) is 0 Å². The lowest BCUT2D eigenvalue weighted by molar-refractivity contribution is 0.0827. The number of hydrogen-bond donors (Lipinski definition) is 1. The van der Waals surface area contributed by atoms with Crippen LogP contribution in [0.2, 0.25) is 0 Å². The van der Waals surface area contributed by atoms with Crippen LogP contribution in [0.4, 0.5) is 8.78 Å². The number of amides is 1. The van der Waals surface area contributed by atoms with Gasteiger partial charge >= 0.3 is 0 Å². The van der Waals surface area contributed by atoms with Crippen LogP contribution in [0.15, 0.2) is 48.5 Å². The Morgan fingerprint density at radius 2 is 1.81 bits per heavy atom. The first kappa shape index (κ1) is 15.1. The molecule has 110 valence electrons. The Bertz CT molecular complexity index is 631. The molecule has 0 heterocycles. The van der Waals surface area contributed by atoms with Crippen molar-refractivity contribution in [3.05, 3.63) is 71.3 Å². The molecule has 0 spiro atoms. The molecule has 0 aliphatic rings. The minimum Gasteiger partial charge on any atom is -0.375 e. The van der Waals surface area contributed by atoms with Crippen molar-refractivity contribution in [2.75, 3.05) is 13.7 Å². The second kappa shape index (κ2) is 6.95. The summed E-state index contributed by atoms with van der Waals surface area (Å²) >= 11 is 0. The number of methoxy groups -OCH3 is 1. The predicted molar refractivity (Wildman–Crippen MR) is 74.9 cm³/mol. The van der Waals surface area contributed by atoms with Gasteiger partial charge in [0.25, 0.3) is 5.91 Å². The van der Waals surface area contributed by atoms with Crippen LogP contribution in [0, 0.1) is 11.6 Å². The van der Waals surface area contributed by atoms with Crippen LogP contribution in [0.1, 0.15) is 22.0 Å². The second-order valence-electron chi connectivity index (χ2n) is 4.50. The van der Waals surface area contributed by atoms with E-state index in [0.717, 1.165) is 6.07 Å². The first-order valence-corrected chi connectivity index (χ1v) is 6.42. The third-order valence-electron chi connectivity index (χ3n) is 3.04. The number of carbonyl (C=O) groups excluding carboxylic acids is 1. The summed E-state index contributed by atoms with van der Waals surface area (Å²) in [6, 6.07) is 11.4. The Morgan fingerprint density at radius 1 is 1.14 bits per heavy atom. The molecular formula is C16H15F2NO2. The average molecular weight is 291 g/mol. The lowest BCUT2D eigenvalue weighted by Gasteiger charge is -2.16. The topological polar surface area (TPSA) is 38.3 Å². The minimum atomic E-state index is -0.476. The van der Waals surface area contributed by atoms with Gasteiger partial charge in [-0.3, -0.25) is 4.79 Å². The van der Waals surface area contributed by atoms with Crippen molar-refractivity contribution >= 4 is 5.91 Å². The molecule has 3 nitrogen and oxygen atoms in total. The van der Waals surface area contributed by atoms with Gasteiger partial charge in [-0.15, -0.1) is 0 Å². The number of nitrogens with one attached hydrogen (secondary N) is 1. The highest BCUT2D eigenvalue weighted by atomic mass is 19.1. The third-order valence-corrected chi connectivity index (χ3v) is 3.04. The van der Waals surface area contributed by atoms with E-state index in [1.165, 1.54) is 37.4 Å². The molecule has 2 rings (SSSR count). The standard InChI is InChI=1S/C16H15F2NO2/c1-21-15(11-4-2-6-13(17)8-11)10-19-16(20)12-5-3-7-14(18)9-12/h2-9,15H,10H2,1H3,(H,19,20). The number of benzene rings is 2. The van der Waals surface area contributed by atoms with Crippen molar-refractivity contribution in [3.63, 3.8) is 0 Å². The van der Waals surface area contributed by atoms with E-state index in [0.29, 0.717) is 5.56 Å². The number of halogens is 2. The molecule has 2 aromatic rings. The summed E-state index contributed by atoms with van der Waals surface area (Å²) in [5, 5.41) is 2.64. The molecule has 0 aliphatic carbocycles. The Balaban J connectivity index is 2.02. The quantitative estimate of drug-likeness (QED) is 0.919. The molecule has 0 bridgehead atoms. The molecule has 0 saturated heterocycles. The SMILES string of the molecule is COC(CNC(=O)c1cccc(F)c1)c1cccc(F)c1. The number of ether oxygens (including phenoxy) is 1. The molecule has 0 fully saturated rings. The van der Waals surface area contributed by atoms with Crippen molar-refractivity contribution < 1.29 is 18.3 Å². The fraction of sp³-hybridized carbons (Fsp3) is 0.188. The largest absolute Gasteiger partial charge is 0.375 e. The average Bonchev–Trinajstić information content (AvgIpc) is 2.48. The van der Waals surface area contributed by atoms with Crippen LogP contribution in [0.5, 0.6) is 0 Å². The highest BCUT2D eigenvalue weighted by Gasteiger charge is 2.14. The van der Waals surface area contributed by atoms with Crippen LogP contribution in [0.3, 0.4) is 0 Å². The van der Waals surface area contributed by atoms with E-state index < -0.39 is 17.8 Å². The molecule has 1 amide bonds. The van der Waals surface area contributed by atoms with Gasteiger partial charge in [-0.1, -0.05) is 18.2 Å². The van der Waals surface area contributed by atoms with Crippen molar-refractivity contribution in [1.29, 1.82) is 0 Å². The second-order valence-corrected chi connectivity index (χ2v) is 4.50.